The van der Waals surface area contributed by atoms with Crippen molar-refractivity contribution in [3.63, 3.8) is 0 Å². The van der Waals surface area contributed by atoms with Crippen molar-refractivity contribution >= 4 is 21.8 Å². The highest BCUT2D eigenvalue weighted by atomic mass is 32.2. The molecule has 1 aliphatic rings. The van der Waals surface area contributed by atoms with Crippen molar-refractivity contribution in [3.8, 4) is 0 Å². The van der Waals surface area contributed by atoms with Crippen molar-refractivity contribution in [2.75, 3.05) is 11.5 Å². The fraction of sp³-hybridized carbons (Fsp3) is 0.778. The lowest BCUT2D eigenvalue weighted by atomic mass is 9.85. The summed E-state index contributed by atoms with van der Waals surface area (Å²) in [6.45, 7) is 0. The molecule has 92 valence electrons. The molecule has 0 amide bonds. The molecule has 0 aromatic rings. The van der Waals surface area contributed by atoms with Gasteiger partial charge in [-0.1, -0.05) is 0 Å². The number of carbonyl (C=O) groups is 2. The number of carboxylic acids is 2. The van der Waals surface area contributed by atoms with Gasteiger partial charge < -0.3 is 10.2 Å². The van der Waals surface area contributed by atoms with Gasteiger partial charge in [-0.2, -0.15) is 0 Å². The van der Waals surface area contributed by atoms with Gasteiger partial charge in [-0.25, -0.2) is 8.42 Å². The van der Waals surface area contributed by atoms with Crippen LogP contribution >= 0.6 is 0 Å². The van der Waals surface area contributed by atoms with Crippen molar-refractivity contribution < 1.29 is 28.2 Å². The summed E-state index contributed by atoms with van der Waals surface area (Å²) in [6.07, 6.45) is -0.159. The van der Waals surface area contributed by atoms with Crippen LogP contribution in [0.25, 0.3) is 0 Å². The lowest BCUT2D eigenvalue weighted by Crippen LogP contribution is -2.25. The van der Waals surface area contributed by atoms with Crippen LogP contribution in [0.15, 0.2) is 0 Å². The average Bonchev–Trinajstić information content (AvgIpc) is 2.25. The van der Waals surface area contributed by atoms with E-state index in [2.05, 4.69) is 0 Å². The SMILES string of the molecule is O=C(O)C[C@@H]1CCS(=O)(=O)CC[C@H]1C(=O)O. The maximum absolute atomic E-state index is 11.3. The monoisotopic (exact) mass is 250 g/mol. The largest absolute Gasteiger partial charge is 0.481 e. The molecule has 6 nitrogen and oxygen atoms in total. The van der Waals surface area contributed by atoms with E-state index in [-0.39, 0.29) is 30.8 Å². The maximum atomic E-state index is 11.3. The van der Waals surface area contributed by atoms with Gasteiger partial charge in [0.05, 0.1) is 17.4 Å². The highest BCUT2D eigenvalue weighted by Crippen LogP contribution is 2.28. The van der Waals surface area contributed by atoms with E-state index in [1.165, 1.54) is 0 Å². The number of hydrogen-bond acceptors (Lipinski definition) is 4. The summed E-state index contributed by atoms with van der Waals surface area (Å²) < 4.78 is 22.7. The normalized spacial score (nSPS) is 29.2. The summed E-state index contributed by atoms with van der Waals surface area (Å²) in [5, 5.41) is 17.6. The molecule has 0 radical (unpaired) electrons. The molecule has 1 rings (SSSR count). The second-order valence-corrected chi connectivity index (χ2v) is 6.34. The van der Waals surface area contributed by atoms with E-state index in [9.17, 15) is 18.0 Å². The van der Waals surface area contributed by atoms with E-state index in [0.29, 0.717) is 0 Å². The number of aliphatic carboxylic acids is 2. The van der Waals surface area contributed by atoms with Gasteiger partial charge in [0, 0.05) is 6.42 Å². The molecule has 0 unspecified atom stereocenters. The Morgan fingerprint density at radius 2 is 1.69 bits per heavy atom. The zero-order chi connectivity index (χ0) is 12.3. The Hall–Kier alpha value is -1.11. The van der Waals surface area contributed by atoms with E-state index in [4.69, 9.17) is 10.2 Å². The first-order valence-corrected chi connectivity index (χ1v) is 6.79. The summed E-state index contributed by atoms with van der Waals surface area (Å²) in [5.41, 5.74) is 0. The number of carboxylic acid groups (broad SMARTS) is 2. The molecule has 0 aromatic carbocycles. The molecular formula is C9H14O6S. The molecule has 1 heterocycles. The van der Waals surface area contributed by atoms with Crippen molar-refractivity contribution in [1.29, 1.82) is 0 Å². The Morgan fingerprint density at radius 1 is 1.12 bits per heavy atom. The number of rotatable bonds is 3. The summed E-state index contributed by atoms with van der Waals surface area (Å²) in [5.74, 6) is -3.94. The Bertz CT molecular complexity index is 385. The molecule has 0 aromatic heterocycles. The van der Waals surface area contributed by atoms with Crippen molar-refractivity contribution in [1.82, 2.24) is 0 Å². The molecule has 2 N–H and O–H groups in total. The van der Waals surface area contributed by atoms with Crippen LogP contribution < -0.4 is 0 Å². The molecule has 1 saturated heterocycles. The molecule has 0 saturated carbocycles. The third-order valence-electron chi connectivity index (χ3n) is 2.86. The zero-order valence-electron chi connectivity index (χ0n) is 8.63. The maximum Gasteiger partial charge on any atom is 0.306 e. The Kier molecular flexibility index (Phi) is 3.90. The molecule has 0 bridgehead atoms. The van der Waals surface area contributed by atoms with Gasteiger partial charge in [-0.3, -0.25) is 9.59 Å². The molecular weight excluding hydrogens is 236 g/mol. The topological polar surface area (TPSA) is 109 Å². The average molecular weight is 250 g/mol. The number of hydrogen-bond donors (Lipinski definition) is 2. The van der Waals surface area contributed by atoms with Crippen LogP contribution in [0.2, 0.25) is 0 Å². The fourth-order valence-corrected chi connectivity index (χ4v) is 3.45. The molecule has 0 aliphatic carbocycles. The summed E-state index contributed by atoms with van der Waals surface area (Å²) in [4.78, 5) is 21.5. The van der Waals surface area contributed by atoms with Gasteiger partial charge in [-0.05, 0) is 18.8 Å². The Balaban J connectivity index is 2.84. The van der Waals surface area contributed by atoms with Crippen LogP contribution in [0, 0.1) is 11.8 Å². The van der Waals surface area contributed by atoms with Crippen molar-refractivity contribution in [3.05, 3.63) is 0 Å². The van der Waals surface area contributed by atoms with Crippen LogP contribution in [-0.2, 0) is 19.4 Å². The van der Waals surface area contributed by atoms with Crippen LogP contribution in [-0.4, -0.2) is 42.1 Å². The van der Waals surface area contributed by atoms with Crippen molar-refractivity contribution in [2.45, 2.75) is 19.3 Å². The molecule has 7 heteroatoms. The summed E-state index contributed by atoms with van der Waals surface area (Å²) in [7, 11) is -3.21. The second kappa shape index (κ2) is 4.82. The van der Waals surface area contributed by atoms with Gasteiger partial charge >= 0.3 is 11.9 Å². The Morgan fingerprint density at radius 3 is 2.19 bits per heavy atom. The third-order valence-corrected chi connectivity index (χ3v) is 4.58. The highest BCUT2D eigenvalue weighted by molar-refractivity contribution is 7.91. The van der Waals surface area contributed by atoms with E-state index >= 15 is 0 Å². The zero-order valence-corrected chi connectivity index (χ0v) is 9.44. The van der Waals surface area contributed by atoms with E-state index in [1.807, 2.05) is 0 Å². The lowest BCUT2D eigenvalue weighted by Gasteiger charge is -2.18. The summed E-state index contributed by atoms with van der Waals surface area (Å²) >= 11 is 0. The molecule has 2 atom stereocenters. The first-order valence-electron chi connectivity index (χ1n) is 4.97. The predicted octanol–water partition coefficient (Wildman–Crippen LogP) is -0.0133. The first kappa shape index (κ1) is 13.0. The molecule has 1 fully saturated rings. The second-order valence-electron chi connectivity index (χ2n) is 4.03. The van der Waals surface area contributed by atoms with E-state index in [0.717, 1.165) is 0 Å². The third kappa shape index (κ3) is 3.48. The molecule has 0 spiro atoms. The fourth-order valence-electron chi connectivity index (χ4n) is 1.97. The quantitative estimate of drug-likeness (QED) is 0.729. The van der Waals surface area contributed by atoms with Gasteiger partial charge in [0.25, 0.3) is 0 Å². The molecule has 16 heavy (non-hydrogen) atoms. The van der Waals surface area contributed by atoms with Crippen LogP contribution in [0.1, 0.15) is 19.3 Å². The smallest absolute Gasteiger partial charge is 0.306 e. The minimum absolute atomic E-state index is 0.00954. The summed E-state index contributed by atoms with van der Waals surface area (Å²) in [6, 6.07) is 0. The Labute approximate surface area is 93.2 Å². The predicted molar refractivity (Wildman–Crippen MR) is 54.8 cm³/mol. The van der Waals surface area contributed by atoms with Gasteiger partial charge in [0.2, 0.25) is 0 Å². The van der Waals surface area contributed by atoms with E-state index in [1.54, 1.807) is 0 Å². The van der Waals surface area contributed by atoms with Crippen molar-refractivity contribution in [2.24, 2.45) is 11.8 Å². The van der Waals surface area contributed by atoms with Crippen LogP contribution in [0.3, 0.4) is 0 Å². The number of sulfone groups is 1. The minimum atomic E-state index is -3.21. The highest BCUT2D eigenvalue weighted by Gasteiger charge is 2.34. The van der Waals surface area contributed by atoms with Crippen LogP contribution in [0.4, 0.5) is 0 Å². The molecule has 1 aliphatic heterocycles. The minimum Gasteiger partial charge on any atom is -0.481 e. The van der Waals surface area contributed by atoms with Gasteiger partial charge in [0.1, 0.15) is 9.84 Å². The first-order chi connectivity index (χ1) is 7.32. The van der Waals surface area contributed by atoms with E-state index < -0.39 is 33.6 Å². The standard InChI is InChI=1S/C9H14O6S/c10-8(11)5-6-1-3-16(14,15)4-2-7(6)9(12)13/h6-7H,1-5H2,(H,10,11)(H,12,13)/t6-,7+/m0/s1. The van der Waals surface area contributed by atoms with Gasteiger partial charge in [0.15, 0.2) is 0 Å². The van der Waals surface area contributed by atoms with Crippen LogP contribution in [0.5, 0.6) is 0 Å². The lowest BCUT2D eigenvalue weighted by molar-refractivity contribution is -0.145. The van der Waals surface area contributed by atoms with Gasteiger partial charge in [-0.15, -0.1) is 0 Å².